The lowest BCUT2D eigenvalue weighted by atomic mass is 9.83. The van der Waals surface area contributed by atoms with Gasteiger partial charge in [0.15, 0.2) is 11.5 Å². The molecular weight excluding hydrogens is 226 g/mol. The summed E-state index contributed by atoms with van der Waals surface area (Å²) in [5, 5.41) is 22.5. The molecule has 0 atom stereocenters. The van der Waals surface area contributed by atoms with Crippen molar-refractivity contribution in [2.75, 3.05) is 6.54 Å². The average Bonchev–Trinajstić information content (AvgIpc) is 2.37. The van der Waals surface area contributed by atoms with Crippen LogP contribution in [0.25, 0.3) is 0 Å². The van der Waals surface area contributed by atoms with Crippen LogP contribution in [0.15, 0.2) is 18.2 Å². The quantitative estimate of drug-likeness (QED) is 0.719. The molecule has 0 unspecified atom stereocenters. The first kappa shape index (κ1) is 13.2. The Labute approximate surface area is 109 Å². The highest BCUT2D eigenvalue weighted by atomic mass is 16.3. The molecule has 0 bridgehead atoms. The molecule has 18 heavy (non-hydrogen) atoms. The van der Waals surface area contributed by atoms with Gasteiger partial charge in [0, 0.05) is 12.1 Å². The van der Waals surface area contributed by atoms with Crippen LogP contribution in [-0.4, -0.2) is 16.8 Å². The Morgan fingerprint density at radius 1 is 1.17 bits per heavy atom. The zero-order valence-corrected chi connectivity index (χ0v) is 11.0. The predicted octanol–water partition coefficient (Wildman–Crippen LogP) is 3.01. The van der Waals surface area contributed by atoms with Crippen molar-refractivity contribution in [3.63, 3.8) is 0 Å². The number of aromatic hydroxyl groups is 2. The van der Waals surface area contributed by atoms with Crippen molar-refractivity contribution >= 4 is 0 Å². The molecule has 1 saturated carbocycles. The molecule has 0 aromatic heterocycles. The van der Waals surface area contributed by atoms with Crippen LogP contribution < -0.4 is 5.32 Å². The number of para-hydroxylation sites is 1. The summed E-state index contributed by atoms with van der Waals surface area (Å²) < 4.78 is 0. The summed E-state index contributed by atoms with van der Waals surface area (Å²) in [5.74, 6) is 1.61. The van der Waals surface area contributed by atoms with Crippen LogP contribution in [-0.2, 0) is 6.54 Å². The van der Waals surface area contributed by atoms with Gasteiger partial charge in [-0.1, -0.05) is 31.9 Å². The standard InChI is InChI=1S/C15H23NO2/c1-11-5-7-12(8-6-11)9-16-10-13-3-2-4-14(17)15(13)18/h2-4,11-12,16-18H,5-10H2,1H3. The monoisotopic (exact) mass is 249 g/mol. The molecule has 1 aromatic rings. The summed E-state index contributed by atoms with van der Waals surface area (Å²) >= 11 is 0. The molecule has 0 amide bonds. The summed E-state index contributed by atoms with van der Waals surface area (Å²) in [5.41, 5.74) is 0.763. The molecule has 0 aliphatic heterocycles. The molecule has 0 spiro atoms. The maximum absolute atomic E-state index is 9.68. The summed E-state index contributed by atoms with van der Waals surface area (Å²) in [6.45, 7) is 3.95. The van der Waals surface area contributed by atoms with Gasteiger partial charge >= 0.3 is 0 Å². The molecule has 1 aromatic carbocycles. The number of nitrogens with one attached hydrogen (secondary N) is 1. The zero-order chi connectivity index (χ0) is 13.0. The lowest BCUT2D eigenvalue weighted by molar-refractivity contribution is 0.281. The van der Waals surface area contributed by atoms with Crippen molar-refractivity contribution in [3.05, 3.63) is 23.8 Å². The largest absolute Gasteiger partial charge is 0.504 e. The van der Waals surface area contributed by atoms with Crippen molar-refractivity contribution in [3.8, 4) is 11.5 Å². The van der Waals surface area contributed by atoms with Gasteiger partial charge in [0.2, 0.25) is 0 Å². The molecule has 1 aliphatic carbocycles. The number of phenolic OH excluding ortho intramolecular Hbond substituents is 2. The van der Waals surface area contributed by atoms with E-state index in [0.717, 1.165) is 23.9 Å². The van der Waals surface area contributed by atoms with Crippen LogP contribution in [0.3, 0.4) is 0 Å². The van der Waals surface area contributed by atoms with Crippen LogP contribution in [0, 0.1) is 11.8 Å². The second-order valence-electron chi connectivity index (χ2n) is 5.54. The third-order valence-corrected chi connectivity index (χ3v) is 3.98. The Bertz CT molecular complexity index is 384. The second-order valence-corrected chi connectivity index (χ2v) is 5.54. The highest BCUT2D eigenvalue weighted by Gasteiger charge is 2.17. The van der Waals surface area contributed by atoms with E-state index in [2.05, 4.69) is 12.2 Å². The van der Waals surface area contributed by atoms with Gasteiger partial charge < -0.3 is 15.5 Å². The SMILES string of the molecule is CC1CCC(CNCc2cccc(O)c2O)CC1. The molecule has 3 nitrogen and oxygen atoms in total. The van der Waals surface area contributed by atoms with E-state index in [-0.39, 0.29) is 11.5 Å². The molecule has 0 heterocycles. The molecule has 0 radical (unpaired) electrons. The molecule has 100 valence electrons. The molecule has 0 saturated heterocycles. The minimum atomic E-state index is -0.0409. The van der Waals surface area contributed by atoms with Crippen molar-refractivity contribution in [1.29, 1.82) is 0 Å². The smallest absolute Gasteiger partial charge is 0.161 e. The van der Waals surface area contributed by atoms with Gasteiger partial charge in [-0.15, -0.1) is 0 Å². The number of hydrogen-bond acceptors (Lipinski definition) is 3. The van der Waals surface area contributed by atoms with Gasteiger partial charge in [-0.25, -0.2) is 0 Å². The third kappa shape index (κ3) is 3.39. The Hall–Kier alpha value is -1.22. The van der Waals surface area contributed by atoms with Gasteiger partial charge in [-0.3, -0.25) is 0 Å². The highest BCUT2D eigenvalue weighted by molar-refractivity contribution is 5.44. The van der Waals surface area contributed by atoms with Gasteiger partial charge in [-0.05, 0) is 37.3 Å². The van der Waals surface area contributed by atoms with Crippen molar-refractivity contribution < 1.29 is 10.2 Å². The summed E-state index contributed by atoms with van der Waals surface area (Å²) in [4.78, 5) is 0. The Morgan fingerprint density at radius 3 is 2.61 bits per heavy atom. The van der Waals surface area contributed by atoms with Gasteiger partial charge in [-0.2, -0.15) is 0 Å². The van der Waals surface area contributed by atoms with E-state index in [1.54, 1.807) is 6.07 Å². The fourth-order valence-corrected chi connectivity index (χ4v) is 2.66. The van der Waals surface area contributed by atoms with E-state index in [1.165, 1.54) is 31.7 Å². The van der Waals surface area contributed by atoms with E-state index in [4.69, 9.17) is 0 Å². The number of phenols is 2. The fourth-order valence-electron chi connectivity index (χ4n) is 2.66. The summed E-state index contributed by atoms with van der Waals surface area (Å²) in [7, 11) is 0. The van der Waals surface area contributed by atoms with Crippen LogP contribution in [0.5, 0.6) is 11.5 Å². The minimum absolute atomic E-state index is 0.00210. The first-order valence-corrected chi connectivity index (χ1v) is 6.87. The van der Waals surface area contributed by atoms with E-state index in [1.807, 2.05) is 6.07 Å². The van der Waals surface area contributed by atoms with Crippen LogP contribution in [0.2, 0.25) is 0 Å². The number of hydrogen-bond donors (Lipinski definition) is 3. The van der Waals surface area contributed by atoms with Crippen molar-refractivity contribution in [2.45, 2.75) is 39.2 Å². The van der Waals surface area contributed by atoms with Gasteiger partial charge in [0.25, 0.3) is 0 Å². The van der Waals surface area contributed by atoms with Crippen molar-refractivity contribution in [2.24, 2.45) is 11.8 Å². The van der Waals surface area contributed by atoms with E-state index >= 15 is 0 Å². The maximum Gasteiger partial charge on any atom is 0.161 e. The van der Waals surface area contributed by atoms with Gasteiger partial charge in [0.1, 0.15) is 0 Å². The number of rotatable bonds is 4. The lowest BCUT2D eigenvalue weighted by Gasteiger charge is -2.26. The molecular formula is C15H23NO2. The van der Waals surface area contributed by atoms with E-state index in [9.17, 15) is 10.2 Å². The summed E-state index contributed by atoms with van der Waals surface area (Å²) in [6, 6.07) is 5.10. The molecule has 3 heteroatoms. The first-order valence-electron chi connectivity index (χ1n) is 6.87. The first-order chi connectivity index (χ1) is 8.66. The molecule has 3 N–H and O–H groups in total. The molecule has 1 aliphatic rings. The van der Waals surface area contributed by atoms with Crippen LogP contribution in [0.1, 0.15) is 38.2 Å². The predicted molar refractivity (Wildman–Crippen MR) is 72.6 cm³/mol. The fraction of sp³-hybridized carbons (Fsp3) is 0.600. The highest BCUT2D eigenvalue weighted by Crippen LogP contribution is 2.29. The Morgan fingerprint density at radius 2 is 1.89 bits per heavy atom. The third-order valence-electron chi connectivity index (χ3n) is 3.98. The van der Waals surface area contributed by atoms with Crippen molar-refractivity contribution in [1.82, 2.24) is 5.32 Å². The Kier molecular flexibility index (Phi) is 4.48. The number of benzene rings is 1. The Balaban J connectivity index is 1.77. The maximum atomic E-state index is 9.68. The normalized spacial score (nSPS) is 24.1. The van der Waals surface area contributed by atoms with Crippen LogP contribution >= 0.6 is 0 Å². The molecule has 1 fully saturated rings. The zero-order valence-electron chi connectivity index (χ0n) is 11.0. The lowest BCUT2D eigenvalue weighted by Crippen LogP contribution is -2.25. The van der Waals surface area contributed by atoms with E-state index < -0.39 is 0 Å². The van der Waals surface area contributed by atoms with E-state index in [0.29, 0.717) is 6.54 Å². The van der Waals surface area contributed by atoms with Gasteiger partial charge in [0.05, 0.1) is 0 Å². The molecule has 2 rings (SSSR count). The topological polar surface area (TPSA) is 52.5 Å². The summed E-state index contributed by atoms with van der Waals surface area (Å²) in [6.07, 6.45) is 5.29. The second kappa shape index (κ2) is 6.10. The van der Waals surface area contributed by atoms with Crippen LogP contribution in [0.4, 0.5) is 0 Å². The average molecular weight is 249 g/mol. The minimum Gasteiger partial charge on any atom is -0.504 e.